The first-order chi connectivity index (χ1) is 10.4. The highest BCUT2D eigenvalue weighted by molar-refractivity contribution is 6.09. The van der Waals surface area contributed by atoms with E-state index in [4.69, 9.17) is 4.74 Å². The van der Waals surface area contributed by atoms with Crippen LogP contribution in [0.2, 0.25) is 0 Å². The van der Waals surface area contributed by atoms with Crippen LogP contribution >= 0.6 is 0 Å². The number of aryl methyl sites for hydroxylation is 1. The molecule has 1 aromatic heterocycles. The summed E-state index contributed by atoms with van der Waals surface area (Å²) in [7, 11) is 3.36. The minimum Gasteiger partial charge on any atom is -0.385 e. The number of hydrogen-bond acceptors (Lipinski definition) is 4. The number of aromatic nitrogens is 2. The molecule has 1 N–H and O–H groups in total. The van der Waals surface area contributed by atoms with Crippen LogP contribution in [0.1, 0.15) is 24.7 Å². The minimum absolute atomic E-state index is 0.0167. The van der Waals surface area contributed by atoms with Crippen molar-refractivity contribution in [3.63, 3.8) is 0 Å². The molecule has 0 bridgehead atoms. The first-order valence-corrected chi connectivity index (χ1v) is 7.21. The van der Waals surface area contributed by atoms with Gasteiger partial charge >= 0.3 is 0 Å². The summed E-state index contributed by atoms with van der Waals surface area (Å²) >= 11 is 0. The number of ether oxygens (including phenoxy) is 1. The van der Waals surface area contributed by atoms with Crippen LogP contribution in [0.25, 0.3) is 10.9 Å². The van der Waals surface area contributed by atoms with E-state index >= 15 is 0 Å². The SMILES string of the molecule is COCCC1(C)C(=O)N(C)c2cc3c(=O)[nH]c(C)nc3cc21. The maximum atomic E-state index is 12.7. The largest absolute Gasteiger partial charge is 0.385 e. The normalized spacial score (nSPS) is 20.7. The van der Waals surface area contributed by atoms with Crippen molar-refractivity contribution in [2.24, 2.45) is 0 Å². The van der Waals surface area contributed by atoms with Crippen LogP contribution in [0.5, 0.6) is 0 Å². The Bertz CT molecular complexity index is 827. The predicted molar refractivity (Wildman–Crippen MR) is 84.4 cm³/mol. The van der Waals surface area contributed by atoms with Gasteiger partial charge in [0.1, 0.15) is 5.82 Å². The highest BCUT2D eigenvalue weighted by atomic mass is 16.5. The number of carbonyl (C=O) groups excluding carboxylic acids is 1. The summed E-state index contributed by atoms with van der Waals surface area (Å²) < 4.78 is 5.15. The van der Waals surface area contributed by atoms with Gasteiger partial charge in [-0.25, -0.2) is 4.98 Å². The lowest BCUT2D eigenvalue weighted by Crippen LogP contribution is -2.36. The topological polar surface area (TPSA) is 75.3 Å². The summed E-state index contributed by atoms with van der Waals surface area (Å²) in [5.74, 6) is 0.580. The highest BCUT2D eigenvalue weighted by Crippen LogP contribution is 2.44. The van der Waals surface area contributed by atoms with Gasteiger partial charge in [0.05, 0.1) is 16.3 Å². The fraction of sp³-hybridized carbons (Fsp3) is 0.438. The number of nitrogens with one attached hydrogen (secondary N) is 1. The Morgan fingerprint density at radius 2 is 2.09 bits per heavy atom. The number of anilines is 1. The van der Waals surface area contributed by atoms with Gasteiger partial charge in [-0.15, -0.1) is 0 Å². The highest BCUT2D eigenvalue weighted by Gasteiger charge is 2.46. The molecule has 6 heteroatoms. The molecule has 0 radical (unpaired) electrons. The third-order valence-corrected chi connectivity index (χ3v) is 4.48. The zero-order valence-electron chi connectivity index (χ0n) is 13.2. The molecule has 1 amide bonds. The third kappa shape index (κ3) is 1.94. The second kappa shape index (κ2) is 4.91. The second-order valence-corrected chi connectivity index (χ2v) is 5.98. The molecule has 1 atom stereocenters. The quantitative estimate of drug-likeness (QED) is 0.932. The minimum atomic E-state index is -0.646. The maximum absolute atomic E-state index is 12.7. The third-order valence-electron chi connectivity index (χ3n) is 4.48. The molecule has 0 saturated carbocycles. The summed E-state index contributed by atoms with van der Waals surface area (Å²) in [5.41, 5.74) is 1.46. The Labute approximate surface area is 128 Å². The van der Waals surface area contributed by atoms with Crippen molar-refractivity contribution < 1.29 is 9.53 Å². The van der Waals surface area contributed by atoms with Crippen LogP contribution in [0.15, 0.2) is 16.9 Å². The Balaban J connectivity index is 2.27. The molecule has 3 rings (SSSR count). The van der Waals surface area contributed by atoms with Gasteiger partial charge in [0.2, 0.25) is 5.91 Å². The van der Waals surface area contributed by atoms with Crippen molar-refractivity contribution in [3.8, 4) is 0 Å². The van der Waals surface area contributed by atoms with Gasteiger partial charge in [-0.3, -0.25) is 9.59 Å². The number of H-pyrrole nitrogens is 1. The van der Waals surface area contributed by atoms with E-state index in [1.807, 2.05) is 13.0 Å². The Morgan fingerprint density at radius 1 is 1.36 bits per heavy atom. The summed E-state index contributed by atoms with van der Waals surface area (Å²) in [6.45, 7) is 4.16. The number of nitrogens with zero attached hydrogens (tertiary/aromatic N) is 2. The van der Waals surface area contributed by atoms with Crippen molar-refractivity contribution in [2.75, 3.05) is 25.7 Å². The molecule has 116 valence electrons. The number of carbonyl (C=O) groups is 1. The van der Waals surface area contributed by atoms with E-state index in [0.717, 1.165) is 11.3 Å². The molecule has 0 fully saturated rings. The number of hydrogen-bond donors (Lipinski definition) is 1. The number of rotatable bonds is 3. The van der Waals surface area contributed by atoms with E-state index in [9.17, 15) is 9.59 Å². The number of fused-ring (bicyclic) bond motifs is 2. The zero-order chi connectivity index (χ0) is 16.1. The summed E-state index contributed by atoms with van der Waals surface area (Å²) in [4.78, 5) is 33.5. The van der Waals surface area contributed by atoms with Crippen LogP contribution in [0.3, 0.4) is 0 Å². The molecule has 22 heavy (non-hydrogen) atoms. The number of amides is 1. The Hall–Kier alpha value is -2.21. The number of likely N-dealkylation sites (N-methyl/N-ethyl adjacent to an activating group) is 1. The van der Waals surface area contributed by atoms with E-state index in [1.165, 1.54) is 0 Å². The lowest BCUT2D eigenvalue weighted by molar-refractivity contribution is -0.122. The predicted octanol–water partition coefficient (Wildman–Crippen LogP) is 1.50. The van der Waals surface area contributed by atoms with Gasteiger partial charge in [-0.1, -0.05) is 0 Å². The zero-order valence-corrected chi connectivity index (χ0v) is 13.2. The maximum Gasteiger partial charge on any atom is 0.258 e. The average Bonchev–Trinajstić information content (AvgIpc) is 2.66. The lowest BCUT2D eigenvalue weighted by atomic mass is 9.80. The van der Waals surface area contributed by atoms with Gasteiger partial charge in [-0.05, 0) is 38.0 Å². The van der Waals surface area contributed by atoms with Gasteiger partial charge in [0.25, 0.3) is 5.56 Å². The fourth-order valence-corrected chi connectivity index (χ4v) is 3.15. The lowest BCUT2D eigenvalue weighted by Gasteiger charge is -2.22. The molecule has 2 heterocycles. The first-order valence-electron chi connectivity index (χ1n) is 7.21. The monoisotopic (exact) mass is 301 g/mol. The van der Waals surface area contributed by atoms with E-state index < -0.39 is 5.41 Å². The number of aromatic amines is 1. The van der Waals surface area contributed by atoms with Crippen LogP contribution in [0.4, 0.5) is 5.69 Å². The average molecular weight is 301 g/mol. The van der Waals surface area contributed by atoms with Crippen LogP contribution in [-0.2, 0) is 14.9 Å². The molecule has 1 aliphatic rings. The fourth-order valence-electron chi connectivity index (χ4n) is 3.15. The molecule has 0 spiro atoms. The van der Waals surface area contributed by atoms with Gasteiger partial charge in [-0.2, -0.15) is 0 Å². The number of benzene rings is 1. The molecular weight excluding hydrogens is 282 g/mol. The van der Waals surface area contributed by atoms with E-state index in [-0.39, 0.29) is 11.5 Å². The van der Waals surface area contributed by atoms with Crippen LogP contribution in [0, 0.1) is 6.92 Å². The van der Waals surface area contributed by atoms with Gasteiger partial charge in [0.15, 0.2) is 0 Å². The summed E-state index contributed by atoms with van der Waals surface area (Å²) in [6, 6.07) is 3.62. The first kappa shape index (κ1) is 14.7. The van der Waals surface area contributed by atoms with Crippen molar-refractivity contribution >= 4 is 22.5 Å². The van der Waals surface area contributed by atoms with E-state index in [0.29, 0.717) is 29.8 Å². The molecule has 1 aliphatic heterocycles. The van der Waals surface area contributed by atoms with Crippen molar-refractivity contribution in [3.05, 3.63) is 33.9 Å². The van der Waals surface area contributed by atoms with Gasteiger partial charge in [0, 0.05) is 26.5 Å². The van der Waals surface area contributed by atoms with Crippen molar-refractivity contribution in [1.29, 1.82) is 0 Å². The van der Waals surface area contributed by atoms with Crippen LogP contribution in [-0.4, -0.2) is 36.6 Å². The molecule has 2 aromatic rings. The van der Waals surface area contributed by atoms with E-state index in [1.54, 1.807) is 32.0 Å². The summed E-state index contributed by atoms with van der Waals surface area (Å²) in [5, 5.41) is 0.500. The van der Waals surface area contributed by atoms with Crippen molar-refractivity contribution in [1.82, 2.24) is 9.97 Å². The Kier molecular flexibility index (Phi) is 3.29. The smallest absolute Gasteiger partial charge is 0.258 e. The molecule has 1 unspecified atom stereocenters. The standard InChI is InChI=1S/C16H19N3O3/c1-9-17-12-8-11-13(7-10(12)14(20)18-9)19(3)15(21)16(11,2)5-6-22-4/h7-8H,5-6H2,1-4H3,(H,17,18,20). The molecule has 0 saturated heterocycles. The van der Waals surface area contributed by atoms with Crippen molar-refractivity contribution in [2.45, 2.75) is 25.7 Å². The molecule has 6 nitrogen and oxygen atoms in total. The second-order valence-electron chi connectivity index (χ2n) is 5.98. The van der Waals surface area contributed by atoms with Crippen LogP contribution < -0.4 is 10.5 Å². The van der Waals surface area contributed by atoms with E-state index in [2.05, 4.69) is 9.97 Å². The van der Waals surface area contributed by atoms with Gasteiger partial charge < -0.3 is 14.6 Å². The molecular formula is C16H19N3O3. The Morgan fingerprint density at radius 3 is 2.77 bits per heavy atom. The summed E-state index contributed by atoms with van der Waals surface area (Å²) in [6.07, 6.45) is 0.591. The molecule has 0 aliphatic carbocycles. The molecule has 1 aromatic carbocycles. The number of methoxy groups -OCH3 is 1.